The summed E-state index contributed by atoms with van der Waals surface area (Å²) in [6, 6.07) is 13.6. The summed E-state index contributed by atoms with van der Waals surface area (Å²) in [6.07, 6.45) is 0.505. The van der Waals surface area contributed by atoms with Gasteiger partial charge >= 0.3 is 0 Å². The van der Waals surface area contributed by atoms with E-state index in [0.29, 0.717) is 23.8 Å². The second-order valence-electron chi connectivity index (χ2n) is 6.22. The van der Waals surface area contributed by atoms with Gasteiger partial charge in [0.25, 0.3) is 0 Å². The van der Waals surface area contributed by atoms with Crippen LogP contribution in [0.2, 0.25) is 0 Å². The van der Waals surface area contributed by atoms with Crippen LogP contribution in [0, 0.1) is 12.8 Å². The predicted molar refractivity (Wildman–Crippen MR) is 92.3 cm³/mol. The van der Waals surface area contributed by atoms with E-state index < -0.39 is 0 Å². The lowest BCUT2D eigenvalue weighted by atomic mass is 10.1. The molecule has 0 saturated carbocycles. The molecule has 0 atom stereocenters. The van der Waals surface area contributed by atoms with Gasteiger partial charge in [-0.1, -0.05) is 31.5 Å². The zero-order chi connectivity index (χ0) is 16.4. The first-order valence-electron chi connectivity index (χ1n) is 7.79. The molecule has 3 aromatic rings. The zero-order valence-corrected chi connectivity index (χ0v) is 13.6. The van der Waals surface area contributed by atoms with Crippen LogP contribution in [0.3, 0.4) is 0 Å². The van der Waals surface area contributed by atoms with Gasteiger partial charge in [-0.2, -0.15) is 0 Å². The van der Waals surface area contributed by atoms with E-state index in [9.17, 15) is 4.79 Å². The zero-order valence-electron chi connectivity index (χ0n) is 13.6. The largest absolute Gasteiger partial charge is 0.436 e. The van der Waals surface area contributed by atoms with Crippen LogP contribution in [0.15, 0.2) is 46.9 Å². The van der Waals surface area contributed by atoms with E-state index in [0.717, 1.165) is 22.3 Å². The van der Waals surface area contributed by atoms with Gasteiger partial charge in [-0.25, -0.2) is 4.98 Å². The Morgan fingerprint density at radius 3 is 2.78 bits per heavy atom. The van der Waals surface area contributed by atoms with Crippen LogP contribution in [0.5, 0.6) is 0 Å². The van der Waals surface area contributed by atoms with Crippen molar-refractivity contribution in [3.05, 3.63) is 48.0 Å². The topological polar surface area (TPSA) is 55.1 Å². The Labute approximate surface area is 135 Å². The normalized spacial score (nSPS) is 11.1. The first kappa shape index (κ1) is 15.3. The standard InChI is InChI=1S/C19H20N2O2/c1-12(2)9-18(22)20-15-7-8-17-16(11-15)21-19(23-17)14-6-4-5-13(3)10-14/h4-8,10-12H,9H2,1-3H3,(H,20,22). The minimum atomic E-state index is 0.0155. The Kier molecular flexibility index (Phi) is 4.15. The van der Waals surface area contributed by atoms with E-state index in [2.05, 4.69) is 10.3 Å². The molecule has 0 aliphatic rings. The summed E-state index contributed by atoms with van der Waals surface area (Å²) in [4.78, 5) is 16.4. The number of anilines is 1. The number of aryl methyl sites for hydroxylation is 1. The number of hydrogen-bond acceptors (Lipinski definition) is 3. The fourth-order valence-corrected chi connectivity index (χ4v) is 2.49. The lowest BCUT2D eigenvalue weighted by Crippen LogP contribution is -2.13. The molecule has 0 radical (unpaired) electrons. The van der Waals surface area contributed by atoms with Crippen molar-refractivity contribution in [2.24, 2.45) is 5.92 Å². The SMILES string of the molecule is Cc1cccc(-c2nc3cc(NC(=O)CC(C)C)ccc3o2)c1. The molecule has 0 aliphatic heterocycles. The number of oxazole rings is 1. The maximum Gasteiger partial charge on any atom is 0.227 e. The van der Waals surface area contributed by atoms with Crippen LogP contribution >= 0.6 is 0 Å². The number of nitrogens with one attached hydrogen (secondary N) is 1. The van der Waals surface area contributed by atoms with Crippen LogP contribution in [-0.2, 0) is 4.79 Å². The number of nitrogens with zero attached hydrogens (tertiary/aromatic N) is 1. The predicted octanol–water partition coefficient (Wildman–Crippen LogP) is 4.79. The van der Waals surface area contributed by atoms with Crippen molar-refractivity contribution in [2.75, 3.05) is 5.32 Å². The molecule has 1 amide bonds. The van der Waals surface area contributed by atoms with Crippen molar-refractivity contribution in [1.82, 2.24) is 4.98 Å². The van der Waals surface area contributed by atoms with Gasteiger partial charge in [-0.05, 0) is 43.2 Å². The van der Waals surface area contributed by atoms with Crippen molar-refractivity contribution in [3.8, 4) is 11.5 Å². The minimum absolute atomic E-state index is 0.0155. The highest BCUT2D eigenvalue weighted by Crippen LogP contribution is 2.26. The van der Waals surface area contributed by atoms with Crippen molar-refractivity contribution in [2.45, 2.75) is 27.2 Å². The third-order valence-corrected chi connectivity index (χ3v) is 3.53. The monoisotopic (exact) mass is 308 g/mol. The summed E-state index contributed by atoms with van der Waals surface area (Å²) in [5.41, 5.74) is 4.30. The maximum absolute atomic E-state index is 11.9. The van der Waals surface area contributed by atoms with Gasteiger partial charge in [0.1, 0.15) is 5.52 Å². The number of fused-ring (bicyclic) bond motifs is 1. The first-order valence-corrected chi connectivity index (χ1v) is 7.79. The number of aromatic nitrogens is 1. The Balaban J connectivity index is 1.87. The lowest BCUT2D eigenvalue weighted by molar-refractivity contribution is -0.116. The minimum Gasteiger partial charge on any atom is -0.436 e. The molecule has 0 saturated heterocycles. The average molecular weight is 308 g/mol. The molecule has 1 N–H and O–H groups in total. The highest BCUT2D eigenvalue weighted by Gasteiger charge is 2.10. The molecule has 1 heterocycles. The van der Waals surface area contributed by atoms with E-state index >= 15 is 0 Å². The van der Waals surface area contributed by atoms with Gasteiger partial charge in [-0.3, -0.25) is 4.79 Å². The van der Waals surface area contributed by atoms with Crippen molar-refractivity contribution >= 4 is 22.7 Å². The Morgan fingerprint density at radius 2 is 2.04 bits per heavy atom. The van der Waals surface area contributed by atoms with Crippen LogP contribution in [0.4, 0.5) is 5.69 Å². The molecule has 0 bridgehead atoms. The molecule has 3 rings (SSSR count). The molecule has 118 valence electrons. The van der Waals surface area contributed by atoms with Crippen LogP contribution < -0.4 is 5.32 Å². The molecule has 0 spiro atoms. The number of rotatable bonds is 4. The van der Waals surface area contributed by atoms with Crippen LogP contribution in [-0.4, -0.2) is 10.9 Å². The lowest BCUT2D eigenvalue weighted by Gasteiger charge is -2.06. The van der Waals surface area contributed by atoms with E-state index in [4.69, 9.17) is 4.42 Å². The highest BCUT2D eigenvalue weighted by atomic mass is 16.3. The van der Waals surface area contributed by atoms with E-state index in [1.54, 1.807) is 0 Å². The van der Waals surface area contributed by atoms with Gasteiger partial charge < -0.3 is 9.73 Å². The third-order valence-electron chi connectivity index (χ3n) is 3.53. The molecule has 4 nitrogen and oxygen atoms in total. The van der Waals surface area contributed by atoms with Gasteiger partial charge in [0, 0.05) is 17.7 Å². The van der Waals surface area contributed by atoms with E-state index in [1.807, 2.05) is 63.2 Å². The summed E-state index contributed by atoms with van der Waals surface area (Å²) < 4.78 is 5.81. The fraction of sp³-hybridized carbons (Fsp3) is 0.263. The second kappa shape index (κ2) is 6.24. The third kappa shape index (κ3) is 3.59. The summed E-state index contributed by atoms with van der Waals surface area (Å²) in [5, 5.41) is 2.90. The van der Waals surface area contributed by atoms with Crippen molar-refractivity contribution in [3.63, 3.8) is 0 Å². The Bertz CT molecular complexity index is 849. The van der Waals surface area contributed by atoms with Crippen LogP contribution in [0.1, 0.15) is 25.8 Å². The summed E-state index contributed by atoms with van der Waals surface area (Å²) >= 11 is 0. The molecule has 23 heavy (non-hydrogen) atoms. The summed E-state index contributed by atoms with van der Waals surface area (Å²) in [5.74, 6) is 0.940. The van der Waals surface area contributed by atoms with Crippen molar-refractivity contribution < 1.29 is 9.21 Å². The number of carbonyl (C=O) groups excluding carboxylic acids is 1. The Hall–Kier alpha value is -2.62. The molecule has 2 aromatic carbocycles. The molecular weight excluding hydrogens is 288 g/mol. The molecular formula is C19H20N2O2. The smallest absolute Gasteiger partial charge is 0.227 e. The van der Waals surface area contributed by atoms with Gasteiger partial charge in [0.2, 0.25) is 11.8 Å². The van der Waals surface area contributed by atoms with Crippen molar-refractivity contribution in [1.29, 1.82) is 0 Å². The van der Waals surface area contributed by atoms with Gasteiger partial charge in [0.05, 0.1) is 0 Å². The molecule has 0 fully saturated rings. The molecule has 0 unspecified atom stereocenters. The first-order chi connectivity index (χ1) is 11.0. The van der Waals surface area contributed by atoms with E-state index in [1.165, 1.54) is 0 Å². The van der Waals surface area contributed by atoms with Gasteiger partial charge in [-0.15, -0.1) is 0 Å². The van der Waals surface area contributed by atoms with Gasteiger partial charge in [0.15, 0.2) is 5.58 Å². The quantitative estimate of drug-likeness (QED) is 0.754. The number of carbonyl (C=O) groups is 1. The average Bonchev–Trinajstić information content (AvgIpc) is 2.89. The molecule has 0 aliphatic carbocycles. The fourth-order valence-electron chi connectivity index (χ4n) is 2.49. The second-order valence-corrected chi connectivity index (χ2v) is 6.22. The van der Waals surface area contributed by atoms with Crippen LogP contribution in [0.25, 0.3) is 22.6 Å². The van der Waals surface area contributed by atoms with E-state index in [-0.39, 0.29) is 5.91 Å². The maximum atomic E-state index is 11.9. The summed E-state index contributed by atoms with van der Waals surface area (Å²) in [6.45, 7) is 6.08. The summed E-state index contributed by atoms with van der Waals surface area (Å²) in [7, 11) is 0. The number of hydrogen-bond donors (Lipinski definition) is 1. The number of amides is 1. The highest BCUT2D eigenvalue weighted by molar-refractivity contribution is 5.93. The number of benzene rings is 2. The molecule has 4 heteroatoms. The Morgan fingerprint density at radius 1 is 1.22 bits per heavy atom. The molecule has 1 aromatic heterocycles.